The zero-order valence-corrected chi connectivity index (χ0v) is 12.5. The van der Waals surface area contributed by atoms with Crippen molar-refractivity contribution in [3.8, 4) is 0 Å². The lowest BCUT2D eigenvalue weighted by atomic mass is 10.1. The molecule has 0 aliphatic rings. The van der Waals surface area contributed by atoms with Crippen LogP contribution in [0.5, 0.6) is 0 Å². The van der Waals surface area contributed by atoms with Crippen molar-refractivity contribution in [1.29, 1.82) is 0 Å². The van der Waals surface area contributed by atoms with Gasteiger partial charge in [0.25, 0.3) is 0 Å². The van der Waals surface area contributed by atoms with E-state index >= 15 is 0 Å². The summed E-state index contributed by atoms with van der Waals surface area (Å²) in [4.78, 5) is 6.11. The van der Waals surface area contributed by atoms with Crippen LogP contribution in [0.2, 0.25) is 5.02 Å². The maximum Gasteiger partial charge on any atom is 0.101 e. The third-order valence-corrected chi connectivity index (χ3v) is 3.35. The van der Waals surface area contributed by atoms with Crippen LogP contribution in [0, 0.1) is 0 Å². The standard InChI is InChI=1S/C14H19ClN4O/c1-18(2)6-7-19-14(12(15)10-17-19)13(20)8-11-4-3-5-16-9-11/h3-5,9-10,13,20H,6-8H2,1-2H3. The molecule has 0 amide bonds. The van der Waals surface area contributed by atoms with Gasteiger partial charge in [0.05, 0.1) is 23.5 Å². The van der Waals surface area contributed by atoms with Crippen molar-refractivity contribution in [1.82, 2.24) is 19.7 Å². The molecule has 0 aliphatic carbocycles. The van der Waals surface area contributed by atoms with Gasteiger partial charge in [-0.3, -0.25) is 9.67 Å². The number of aliphatic hydroxyl groups is 1. The molecule has 2 aromatic rings. The average molecular weight is 295 g/mol. The van der Waals surface area contributed by atoms with Crippen LogP contribution < -0.4 is 0 Å². The Hall–Kier alpha value is -1.43. The number of nitrogens with zero attached hydrogens (tertiary/aromatic N) is 4. The Morgan fingerprint density at radius 3 is 2.85 bits per heavy atom. The van der Waals surface area contributed by atoms with Crippen LogP contribution in [0.1, 0.15) is 17.4 Å². The molecule has 2 rings (SSSR count). The number of hydrogen-bond acceptors (Lipinski definition) is 4. The SMILES string of the molecule is CN(C)CCn1ncc(Cl)c1C(O)Cc1cccnc1. The van der Waals surface area contributed by atoms with Gasteiger partial charge in [-0.05, 0) is 25.7 Å². The van der Waals surface area contributed by atoms with Gasteiger partial charge in [0, 0.05) is 25.4 Å². The van der Waals surface area contributed by atoms with E-state index in [9.17, 15) is 5.11 Å². The maximum atomic E-state index is 10.4. The van der Waals surface area contributed by atoms with Crippen LogP contribution in [0.3, 0.4) is 0 Å². The molecule has 20 heavy (non-hydrogen) atoms. The van der Waals surface area contributed by atoms with Gasteiger partial charge in [-0.15, -0.1) is 0 Å². The van der Waals surface area contributed by atoms with Crippen molar-refractivity contribution < 1.29 is 5.11 Å². The number of likely N-dealkylation sites (N-methyl/N-ethyl adjacent to an activating group) is 1. The van der Waals surface area contributed by atoms with Gasteiger partial charge in [0.2, 0.25) is 0 Å². The number of aromatic nitrogens is 3. The van der Waals surface area contributed by atoms with Gasteiger partial charge in [-0.1, -0.05) is 17.7 Å². The van der Waals surface area contributed by atoms with Gasteiger partial charge >= 0.3 is 0 Å². The fraction of sp³-hybridized carbons (Fsp3) is 0.429. The van der Waals surface area contributed by atoms with Crippen LogP contribution >= 0.6 is 11.6 Å². The van der Waals surface area contributed by atoms with Crippen molar-refractivity contribution in [2.24, 2.45) is 0 Å². The molecule has 0 saturated heterocycles. The Bertz CT molecular complexity index is 541. The van der Waals surface area contributed by atoms with Crippen molar-refractivity contribution in [3.05, 3.63) is 47.0 Å². The molecule has 0 bridgehead atoms. The van der Waals surface area contributed by atoms with Crippen molar-refractivity contribution in [3.63, 3.8) is 0 Å². The zero-order chi connectivity index (χ0) is 14.5. The molecular formula is C14H19ClN4O. The molecule has 0 radical (unpaired) electrons. The minimum Gasteiger partial charge on any atom is -0.386 e. The highest BCUT2D eigenvalue weighted by Crippen LogP contribution is 2.25. The Morgan fingerprint density at radius 1 is 1.40 bits per heavy atom. The predicted octanol–water partition coefficient (Wildman–Crippen LogP) is 1.77. The molecule has 2 aromatic heterocycles. The Balaban J connectivity index is 2.12. The number of halogens is 1. The highest BCUT2D eigenvalue weighted by Gasteiger charge is 2.18. The molecule has 0 fully saturated rings. The Morgan fingerprint density at radius 2 is 2.20 bits per heavy atom. The molecule has 1 atom stereocenters. The van der Waals surface area contributed by atoms with Crippen LogP contribution in [-0.4, -0.2) is 45.4 Å². The summed E-state index contributed by atoms with van der Waals surface area (Å²) in [7, 11) is 3.99. The molecule has 5 nitrogen and oxygen atoms in total. The first-order valence-electron chi connectivity index (χ1n) is 6.51. The first-order chi connectivity index (χ1) is 9.58. The quantitative estimate of drug-likeness (QED) is 0.882. The lowest BCUT2D eigenvalue weighted by Crippen LogP contribution is -2.21. The zero-order valence-electron chi connectivity index (χ0n) is 11.7. The Labute approximate surface area is 123 Å². The first kappa shape index (κ1) is 15.0. The highest BCUT2D eigenvalue weighted by atomic mass is 35.5. The number of hydrogen-bond donors (Lipinski definition) is 1. The van der Waals surface area contributed by atoms with Gasteiger partial charge < -0.3 is 10.0 Å². The van der Waals surface area contributed by atoms with Gasteiger partial charge in [-0.25, -0.2) is 0 Å². The van der Waals surface area contributed by atoms with E-state index in [0.29, 0.717) is 23.7 Å². The Kier molecular flexibility index (Phi) is 5.11. The monoisotopic (exact) mass is 294 g/mol. The molecule has 0 saturated carbocycles. The summed E-state index contributed by atoms with van der Waals surface area (Å²) in [5.41, 5.74) is 1.63. The van der Waals surface area contributed by atoms with Gasteiger partial charge in [0.1, 0.15) is 6.10 Å². The second-order valence-corrected chi connectivity index (χ2v) is 5.39. The summed E-state index contributed by atoms with van der Waals surface area (Å²) < 4.78 is 1.77. The van der Waals surface area contributed by atoms with Gasteiger partial charge in [-0.2, -0.15) is 5.10 Å². The number of aliphatic hydroxyl groups excluding tert-OH is 1. The van der Waals surface area contributed by atoms with Gasteiger partial charge in [0.15, 0.2) is 0 Å². The summed E-state index contributed by atoms with van der Waals surface area (Å²) in [6.45, 7) is 1.53. The van der Waals surface area contributed by atoms with E-state index in [1.54, 1.807) is 23.3 Å². The van der Waals surface area contributed by atoms with Crippen molar-refractivity contribution in [2.75, 3.05) is 20.6 Å². The van der Waals surface area contributed by atoms with Crippen LogP contribution in [0.4, 0.5) is 0 Å². The second-order valence-electron chi connectivity index (χ2n) is 4.99. The fourth-order valence-electron chi connectivity index (χ4n) is 2.01. The minimum atomic E-state index is -0.684. The van der Waals surface area contributed by atoms with E-state index < -0.39 is 6.10 Å². The lowest BCUT2D eigenvalue weighted by Gasteiger charge is -2.16. The minimum absolute atomic E-state index is 0.473. The van der Waals surface area contributed by atoms with E-state index in [-0.39, 0.29) is 0 Å². The largest absolute Gasteiger partial charge is 0.386 e. The smallest absolute Gasteiger partial charge is 0.101 e. The second kappa shape index (κ2) is 6.83. The third kappa shape index (κ3) is 3.79. The van der Waals surface area contributed by atoms with E-state index in [2.05, 4.69) is 15.0 Å². The molecule has 0 spiro atoms. The van der Waals surface area contributed by atoms with Crippen molar-refractivity contribution in [2.45, 2.75) is 19.1 Å². The van der Waals surface area contributed by atoms with Crippen LogP contribution in [-0.2, 0) is 13.0 Å². The summed E-state index contributed by atoms with van der Waals surface area (Å²) in [5.74, 6) is 0. The molecule has 0 aromatic carbocycles. The normalized spacial score (nSPS) is 12.8. The molecular weight excluding hydrogens is 276 g/mol. The highest BCUT2D eigenvalue weighted by molar-refractivity contribution is 6.31. The van der Waals surface area contributed by atoms with E-state index in [4.69, 9.17) is 11.6 Å². The molecule has 1 N–H and O–H groups in total. The average Bonchev–Trinajstić information content (AvgIpc) is 2.78. The van der Waals surface area contributed by atoms with E-state index in [1.807, 2.05) is 26.2 Å². The summed E-state index contributed by atoms with van der Waals surface area (Å²) in [6, 6.07) is 3.79. The van der Waals surface area contributed by atoms with E-state index in [0.717, 1.165) is 12.1 Å². The molecule has 108 valence electrons. The summed E-state index contributed by atoms with van der Waals surface area (Å²) in [5, 5.41) is 15.1. The topological polar surface area (TPSA) is 54.2 Å². The maximum absolute atomic E-state index is 10.4. The number of pyridine rings is 1. The first-order valence-corrected chi connectivity index (χ1v) is 6.88. The molecule has 0 aliphatic heterocycles. The fourth-order valence-corrected chi connectivity index (χ4v) is 2.28. The van der Waals surface area contributed by atoms with Crippen LogP contribution in [0.15, 0.2) is 30.7 Å². The molecule has 2 heterocycles. The van der Waals surface area contributed by atoms with E-state index in [1.165, 1.54) is 0 Å². The molecule has 6 heteroatoms. The van der Waals surface area contributed by atoms with Crippen molar-refractivity contribution >= 4 is 11.6 Å². The summed E-state index contributed by atoms with van der Waals surface area (Å²) >= 11 is 6.15. The summed E-state index contributed by atoms with van der Waals surface area (Å²) in [6.07, 6.45) is 4.83. The lowest BCUT2D eigenvalue weighted by molar-refractivity contribution is 0.165. The number of rotatable bonds is 6. The third-order valence-electron chi connectivity index (χ3n) is 3.06. The van der Waals surface area contributed by atoms with Crippen LogP contribution in [0.25, 0.3) is 0 Å². The molecule has 1 unspecified atom stereocenters. The predicted molar refractivity (Wildman–Crippen MR) is 78.7 cm³/mol.